The number of benzene rings is 2. The van der Waals surface area contributed by atoms with Crippen LogP contribution in [0.3, 0.4) is 0 Å². The SMILES string of the molecule is COc1ccc(CC(=O)NC[C@@H](c2ccc(C)cc2)N2CCCCC2)cc1. The van der Waals surface area contributed by atoms with Gasteiger partial charge in [0.05, 0.1) is 19.6 Å². The van der Waals surface area contributed by atoms with Gasteiger partial charge in [0, 0.05) is 6.54 Å². The molecule has 1 fully saturated rings. The van der Waals surface area contributed by atoms with E-state index in [4.69, 9.17) is 4.74 Å². The number of amides is 1. The number of aryl methyl sites for hydroxylation is 1. The van der Waals surface area contributed by atoms with Crippen molar-refractivity contribution in [2.45, 2.75) is 38.6 Å². The quantitative estimate of drug-likeness (QED) is 0.808. The summed E-state index contributed by atoms with van der Waals surface area (Å²) in [4.78, 5) is 15.0. The van der Waals surface area contributed by atoms with Crippen LogP contribution >= 0.6 is 0 Å². The molecule has 1 N–H and O–H groups in total. The average Bonchev–Trinajstić information content (AvgIpc) is 2.71. The summed E-state index contributed by atoms with van der Waals surface area (Å²) < 4.78 is 5.17. The van der Waals surface area contributed by atoms with Gasteiger partial charge in [-0.3, -0.25) is 9.69 Å². The number of nitrogens with one attached hydrogen (secondary N) is 1. The molecule has 0 bridgehead atoms. The van der Waals surface area contributed by atoms with Crippen LogP contribution < -0.4 is 10.1 Å². The number of carbonyl (C=O) groups is 1. The number of nitrogens with zero attached hydrogens (tertiary/aromatic N) is 1. The number of hydrogen-bond acceptors (Lipinski definition) is 3. The van der Waals surface area contributed by atoms with E-state index in [0.717, 1.165) is 24.4 Å². The Bertz CT molecular complexity index is 719. The molecule has 0 unspecified atom stereocenters. The zero-order valence-corrected chi connectivity index (χ0v) is 16.4. The van der Waals surface area contributed by atoms with Gasteiger partial charge in [0.25, 0.3) is 0 Å². The maximum atomic E-state index is 12.5. The molecule has 0 aromatic heterocycles. The maximum absolute atomic E-state index is 12.5. The lowest BCUT2D eigenvalue weighted by Gasteiger charge is -2.35. The van der Waals surface area contributed by atoms with E-state index in [1.807, 2.05) is 24.3 Å². The predicted molar refractivity (Wildman–Crippen MR) is 109 cm³/mol. The summed E-state index contributed by atoms with van der Waals surface area (Å²) in [6, 6.07) is 16.6. The monoisotopic (exact) mass is 366 g/mol. The lowest BCUT2D eigenvalue weighted by Crippen LogP contribution is -2.41. The Morgan fingerprint density at radius 3 is 2.33 bits per heavy atom. The van der Waals surface area contributed by atoms with Gasteiger partial charge in [0.2, 0.25) is 5.91 Å². The maximum Gasteiger partial charge on any atom is 0.224 e. The summed E-state index contributed by atoms with van der Waals surface area (Å²) in [7, 11) is 1.65. The third-order valence-electron chi connectivity index (χ3n) is 5.31. The highest BCUT2D eigenvalue weighted by Crippen LogP contribution is 2.24. The Labute approximate surface area is 162 Å². The summed E-state index contributed by atoms with van der Waals surface area (Å²) in [5, 5.41) is 3.16. The van der Waals surface area contributed by atoms with Crippen LogP contribution in [0.2, 0.25) is 0 Å². The van der Waals surface area contributed by atoms with Gasteiger partial charge in [-0.05, 0) is 56.1 Å². The first-order chi connectivity index (χ1) is 13.2. The van der Waals surface area contributed by atoms with E-state index < -0.39 is 0 Å². The van der Waals surface area contributed by atoms with Crippen molar-refractivity contribution < 1.29 is 9.53 Å². The highest BCUT2D eigenvalue weighted by Gasteiger charge is 2.22. The zero-order chi connectivity index (χ0) is 19.1. The van der Waals surface area contributed by atoms with Gasteiger partial charge in [-0.15, -0.1) is 0 Å². The topological polar surface area (TPSA) is 41.6 Å². The van der Waals surface area contributed by atoms with E-state index in [9.17, 15) is 4.79 Å². The fourth-order valence-electron chi connectivity index (χ4n) is 3.68. The van der Waals surface area contributed by atoms with E-state index in [0.29, 0.717) is 13.0 Å². The lowest BCUT2D eigenvalue weighted by atomic mass is 10.0. The van der Waals surface area contributed by atoms with Crippen LogP contribution in [-0.2, 0) is 11.2 Å². The Balaban J connectivity index is 1.62. The molecule has 2 aromatic carbocycles. The zero-order valence-electron chi connectivity index (χ0n) is 16.4. The minimum absolute atomic E-state index is 0.0642. The molecule has 4 nitrogen and oxygen atoms in total. The number of ether oxygens (including phenoxy) is 1. The summed E-state index contributed by atoms with van der Waals surface area (Å²) in [6.45, 7) is 4.97. The minimum Gasteiger partial charge on any atom is -0.497 e. The third-order valence-corrected chi connectivity index (χ3v) is 5.31. The van der Waals surface area contributed by atoms with Crippen molar-refractivity contribution >= 4 is 5.91 Å². The second-order valence-corrected chi connectivity index (χ2v) is 7.35. The Morgan fingerprint density at radius 1 is 1.04 bits per heavy atom. The molecule has 1 heterocycles. The number of hydrogen-bond donors (Lipinski definition) is 1. The number of likely N-dealkylation sites (tertiary alicyclic amines) is 1. The molecule has 0 spiro atoms. The molecular weight excluding hydrogens is 336 g/mol. The fraction of sp³-hybridized carbons (Fsp3) is 0.435. The first-order valence-electron chi connectivity index (χ1n) is 9.86. The van der Waals surface area contributed by atoms with Crippen molar-refractivity contribution in [3.8, 4) is 5.75 Å². The van der Waals surface area contributed by atoms with E-state index in [-0.39, 0.29) is 11.9 Å². The van der Waals surface area contributed by atoms with Gasteiger partial charge in [-0.25, -0.2) is 0 Å². The van der Waals surface area contributed by atoms with Crippen molar-refractivity contribution in [2.24, 2.45) is 0 Å². The number of methoxy groups -OCH3 is 1. The smallest absolute Gasteiger partial charge is 0.224 e. The summed E-state index contributed by atoms with van der Waals surface area (Å²) >= 11 is 0. The normalized spacial score (nSPS) is 15.9. The molecule has 1 aliphatic rings. The second-order valence-electron chi connectivity index (χ2n) is 7.35. The van der Waals surface area contributed by atoms with Gasteiger partial charge < -0.3 is 10.1 Å². The van der Waals surface area contributed by atoms with Gasteiger partial charge in [-0.1, -0.05) is 48.4 Å². The lowest BCUT2D eigenvalue weighted by molar-refractivity contribution is -0.120. The molecule has 27 heavy (non-hydrogen) atoms. The van der Waals surface area contributed by atoms with Crippen LogP contribution in [0.4, 0.5) is 0 Å². The van der Waals surface area contributed by atoms with Crippen LogP contribution in [0.1, 0.15) is 42.0 Å². The largest absolute Gasteiger partial charge is 0.497 e. The van der Waals surface area contributed by atoms with Gasteiger partial charge in [0.15, 0.2) is 0 Å². The molecule has 1 amide bonds. The minimum atomic E-state index is 0.0642. The van der Waals surface area contributed by atoms with Crippen LogP contribution in [-0.4, -0.2) is 37.6 Å². The Morgan fingerprint density at radius 2 is 1.70 bits per heavy atom. The van der Waals surface area contributed by atoms with Gasteiger partial charge in [0.1, 0.15) is 5.75 Å². The first kappa shape index (κ1) is 19.4. The number of rotatable bonds is 7. The third kappa shape index (κ3) is 5.57. The standard InChI is InChI=1S/C23H30N2O2/c1-18-6-10-20(11-7-18)22(25-14-4-3-5-15-25)17-24-23(26)16-19-8-12-21(27-2)13-9-19/h6-13,22H,3-5,14-17H2,1-2H3,(H,24,26)/t22-/m0/s1. The Kier molecular flexibility index (Phi) is 6.88. The van der Waals surface area contributed by atoms with E-state index >= 15 is 0 Å². The highest BCUT2D eigenvalue weighted by molar-refractivity contribution is 5.78. The molecule has 3 rings (SSSR count). The van der Waals surface area contributed by atoms with Crippen LogP contribution in [0.25, 0.3) is 0 Å². The molecule has 4 heteroatoms. The molecule has 144 valence electrons. The molecule has 2 aromatic rings. The second kappa shape index (κ2) is 9.56. The van der Waals surface area contributed by atoms with Crippen molar-refractivity contribution in [3.05, 3.63) is 65.2 Å². The molecule has 0 aliphatic carbocycles. The fourth-order valence-corrected chi connectivity index (χ4v) is 3.68. The summed E-state index contributed by atoms with van der Waals surface area (Å²) in [5.74, 6) is 0.873. The van der Waals surface area contributed by atoms with E-state index in [1.165, 1.54) is 30.4 Å². The van der Waals surface area contributed by atoms with E-state index in [1.54, 1.807) is 7.11 Å². The molecule has 0 saturated carbocycles. The first-order valence-corrected chi connectivity index (χ1v) is 9.86. The van der Waals surface area contributed by atoms with Crippen molar-refractivity contribution in [1.82, 2.24) is 10.2 Å². The van der Waals surface area contributed by atoms with E-state index in [2.05, 4.69) is 41.4 Å². The van der Waals surface area contributed by atoms with Crippen LogP contribution in [0, 0.1) is 6.92 Å². The van der Waals surface area contributed by atoms with Gasteiger partial charge in [-0.2, -0.15) is 0 Å². The molecule has 1 saturated heterocycles. The average molecular weight is 367 g/mol. The molecular formula is C23H30N2O2. The van der Waals surface area contributed by atoms with Gasteiger partial charge >= 0.3 is 0 Å². The van der Waals surface area contributed by atoms with Crippen molar-refractivity contribution in [3.63, 3.8) is 0 Å². The van der Waals surface area contributed by atoms with Crippen molar-refractivity contribution in [1.29, 1.82) is 0 Å². The molecule has 1 atom stereocenters. The van der Waals surface area contributed by atoms with Crippen LogP contribution in [0.5, 0.6) is 5.75 Å². The molecule has 1 aliphatic heterocycles. The summed E-state index contributed by atoms with van der Waals surface area (Å²) in [6.07, 6.45) is 4.18. The highest BCUT2D eigenvalue weighted by atomic mass is 16.5. The van der Waals surface area contributed by atoms with Crippen molar-refractivity contribution in [2.75, 3.05) is 26.7 Å². The number of carbonyl (C=O) groups excluding carboxylic acids is 1. The number of piperidine rings is 1. The van der Waals surface area contributed by atoms with Crippen LogP contribution in [0.15, 0.2) is 48.5 Å². The molecule has 0 radical (unpaired) electrons. The predicted octanol–water partition coefficient (Wildman–Crippen LogP) is 3.89. The summed E-state index contributed by atoms with van der Waals surface area (Å²) in [5.41, 5.74) is 3.55. The Hall–Kier alpha value is -2.33.